The molecule has 2 heterocycles. The topological polar surface area (TPSA) is 45.5 Å². The van der Waals surface area contributed by atoms with Crippen molar-refractivity contribution in [1.29, 1.82) is 0 Å². The first kappa shape index (κ1) is 16.4. The van der Waals surface area contributed by atoms with E-state index in [4.69, 9.17) is 4.42 Å². The molecule has 25 heavy (non-hydrogen) atoms. The molecule has 2 aliphatic rings. The lowest BCUT2D eigenvalue weighted by Gasteiger charge is -2.32. The Hall–Kier alpha value is -2.07. The van der Waals surface area contributed by atoms with Gasteiger partial charge in [0.15, 0.2) is 0 Å². The monoisotopic (exact) mass is 338 g/mol. The highest BCUT2D eigenvalue weighted by atomic mass is 16.3. The van der Waals surface area contributed by atoms with Crippen LogP contribution in [0.15, 0.2) is 53.1 Å². The molecule has 2 fully saturated rings. The van der Waals surface area contributed by atoms with Gasteiger partial charge in [-0.15, -0.1) is 0 Å². The molecule has 132 valence electrons. The number of piperidine rings is 1. The molecule has 1 N–H and O–H groups in total. The van der Waals surface area contributed by atoms with Gasteiger partial charge in [0.2, 0.25) is 5.91 Å². The Bertz CT molecular complexity index is 675. The van der Waals surface area contributed by atoms with E-state index in [1.54, 1.807) is 6.26 Å². The predicted molar refractivity (Wildman–Crippen MR) is 97.0 cm³/mol. The Labute approximate surface area is 149 Å². The number of furan rings is 1. The van der Waals surface area contributed by atoms with Crippen molar-refractivity contribution in [2.45, 2.75) is 31.7 Å². The van der Waals surface area contributed by atoms with Crippen LogP contribution in [0.3, 0.4) is 0 Å². The summed E-state index contributed by atoms with van der Waals surface area (Å²) in [5.41, 5.74) is 1.38. The summed E-state index contributed by atoms with van der Waals surface area (Å²) < 4.78 is 5.41. The van der Waals surface area contributed by atoms with Crippen LogP contribution in [0.4, 0.5) is 0 Å². The molecule has 2 unspecified atom stereocenters. The average molecular weight is 338 g/mol. The van der Waals surface area contributed by atoms with Crippen LogP contribution in [0.25, 0.3) is 0 Å². The maximum Gasteiger partial charge on any atom is 0.223 e. The smallest absolute Gasteiger partial charge is 0.223 e. The number of nitrogens with one attached hydrogen (secondary N) is 1. The minimum Gasteiger partial charge on any atom is -0.469 e. The molecule has 1 saturated carbocycles. The molecule has 1 aromatic carbocycles. The van der Waals surface area contributed by atoms with Crippen molar-refractivity contribution in [3.63, 3.8) is 0 Å². The van der Waals surface area contributed by atoms with Gasteiger partial charge in [0.25, 0.3) is 0 Å². The van der Waals surface area contributed by atoms with E-state index in [0.717, 1.165) is 38.4 Å². The Kier molecular flexibility index (Phi) is 4.88. The molecular weight excluding hydrogens is 312 g/mol. The third-order valence-electron chi connectivity index (χ3n) is 5.56. The molecule has 0 spiro atoms. The van der Waals surface area contributed by atoms with E-state index in [9.17, 15) is 4.79 Å². The van der Waals surface area contributed by atoms with Crippen LogP contribution in [0.5, 0.6) is 0 Å². The average Bonchev–Trinajstić information content (AvgIpc) is 3.27. The van der Waals surface area contributed by atoms with Crippen molar-refractivity contribution in [2.75, 3.05) is 19.6 Å². The molecule has 2 aromatic rings. The molecule has 4 heteroatoms. The third-order valence-corrected chi connectivity index (χ3v) is 5.56. The maximum atomic E-state index is 12.3. The fourth-order valence-electron chi connectivity index (χ4n) is 3.87. The van der Waals surface area contributed by atoms with E-state index in [0.29, 0.717) is 11.8 Å². The van der Waals surface area contributed by atoms with Gasteiger partial charge in [0.05, 0.1) is 6.26 Å². The number of carbonyl (C=O) groups is 1. The first-order chi connectivity index (χ1) is 12.3. The molecule has 2 atom stereocenters. The second kappa shape index (κ2) is 7.44. The summed E-state index contributed by atoms with van der Waals surface area (Å²) in [5, 5.41) is 3.17. The lowest BCUT2D eigenvalue weighted by Crippen LogP contribution is -2.38. The maximum absolute atomic E-state index is 12.3. The first-order valence-electron chi connectivity index (χ1n) is 9.37. The molecule has 1 aliphatic heterocycles. The molecular formula is C21H26N2O2. The number of nitrogens with zero attached hydrogens (tertiary/aromatic N) is 1. The van der Waals surface area contributed by atoms with Crippen molar-refractivity contribution in [3.8, 4) is 0 Å². The van der Waals surface area contributed by atoms with Crippen LogP contribution in [-0.2, 0) is 11.3 Å². The van der Waals surface area contributed by atoms with Gasteiger partial charge in [0, 0.05) is 24.9 Å². The zero-order valence-electron chi connectivity index (χ0n) is 14.6. The normalized spacial score (nSPS) is 24.2. The van der Waals surface area contributed by atoms with Crippen molar-refractivity contribution >= 4 is 5.91 Å². The van der Waals surface area contributed by atoms with E-state index in [2.05, 4.69) is 40.5 Å². The van der Waals surface area contributed by atoms with E-state index in [1.165, 1.54) is 18.4 Å². The molecule has 1 aromatic heterocycles. The molecule has 1 saturated heterocycles. The van der Waals surface area contributed by atoms with Gasteiger partial charge in [-0.1, -0.05) is 30.3 Å². The van der Waals surface area contributed by atoms with E-state index in [-0.39, 0.29) is 11.8 Å². The third kappa shape index (κ3) is 4.13. The summed E-state index contributed by atoms with van der Waals surface area (Å²) in [5.74, 6) is 2.17. The standard InChI is InChI=1S/C21H26N2O2/c24-21(19-13-18(19)20-7-4-12-25-20)22-14-16-8-10-23(11-9-16)15-17-5-2-1-3-6-17/h1-7,12,16,18-19H,8-11,13-15H2,(H,22,24). The van der Waals surface area contributed by atoms with Crippen molar-refractivity contribution < 1.29 is 9.21 Å². The Morgan fingerprint density at radius 1 is 1.12 bits per heavy atom. The van der Waals surface area contributed by atoms with Crippen LogP contribution >= 0.6 is 0 Å². The number of rotatable bonds is 6. The predicted octanol–water partition coefficient (Wildman–Crippen LogP) is 3.41. The van der Waals surface area contributed by atoms with Gasteiger partial charge in [-0.25, -0.2) is 0 Å². The summed E-state index contributed by atoms with van der Waals surface area (Å²) >= 11 is 0. The largest absolute Gasteiger partial charge is 0.469 e. The van der Waals surface area contributed by atoms with Crippen LogP contribution in [0.1, 0.15) is 36.5 Å². The highest BCUT2D eigenvalue weighted by molar-refractivity contribution is 5.82. The SMILES string of the molecule is O=C(NCC1CCN(Cc2ccccc2)CC1)C1CC1c1ccco1. The Balaban J connectivity index is 1.16. The van der Waals surface area contributed by atoms with Crippen molar-refractivity contribution in [3.05, 3.63) is 60.1 Å². The van der Waals surface area contributed by atoms with Crippen LogP contribution in [0, 0.1) is 11.8 Å². The number of carbonyl (C=O) groups excluding carboxylic acids is 1. The highest BCUT2D eigenvalue weighted by Gasteiger charge is 2.45. The number of amides is 1. The quantitative estimate of drug-likeness (QED) is 0.878. The Morgan fingerprint density at radius 2 is 1.92 bits per heavy atom. The lowest BCUT2D eigenvalue weighted by molar-refractivity contribution is -0.122. The van der Waals surface area contributed by atoms with Gasteiger partial charge < -0.3 is 9.73 Å². The highest BCUT2D eigenvalue weighted by Crippen LogP contribution is 2.47. The fourth-order valence-corrected chi connectivity index (χ4v) is 3.87. The second-order valence-corrected chi connectivity index (χ2v) is 7.41. The lowest BCUT2D eigenvalue weighted by atomic mass is 9.96. The summed E-state index contributed by atoms with van der Waals surface area (Å²) in [6.45, 7) is 4.09. The number of hydrogen-bond donors (Lipinski definition) is 1. The first-order valence-corrected chi connectivity index (χ1v) is 9.37. The summed E-state index contributed by atoms with van der Waals surface area (Å²) in [4.78, 5) is 14.8. The van der Waals surface area contributed by atoms with Crippen molar-refractivity contribution in [2.24, 2.45) is 11.8 Å². The van der Waals surface area contributed by atoms with E-state index >= 15 is 0 Å². The molecule has 0 radical (unpaired) electrons. The number of benzene rings is 1. The molecule has 4 rings (SSSR count). The van der Waals surface area contributed by atoms with E-state index < -0.39 is 0 Å². The summed E-state index contributed by atoms with van der Waals surface area (Å²) in [7, 11) is 0. The summed E-state index contributed by atoms with van der Waals surface area (Å²) in [6, 6.07) is 14.5. The second-order valence-electron chi connectivity index (χ2n) is 7.41. The number of likely N-dealkylation sites (tertiary alicyclic amines) is 1. The minimum atomic E-state index is 0.115. The van der Waals surface area contributed by atoms with Crippen LogP contribution < -0.4 is 5.32 Å². The Morgan fingerprint density at radius 3 is 2.64 bits per heavy atom. The molecule has 1 amide bonds. The zero-order chi connectivity index (χ0) is 17.1. The van der Waals surface area contributed by atoms with Crippen molar-refractivity contribution in [1.82, 2.24) is 10.2 Å². The molecule has 1 aliphatic carbocycles. The number of hydrogen-bond acceptors (Lipinski definition) is 3. The van der Waals surface area contributed by atoms with Gasteiger partial charge in [-0.3, -0.25) is 9.69 Å². The van der Waals surface area contributed by atoms with Crippen LogP contribution in [-0.4, -0.2) is 30.4 Å². The summed E-state index contributed by atoms with van der Waals surface area (Å²) in [6.07, 6.45) is 4.94. The van der Waals surface area contributed by atoms with E-state index in [1.807, 2.05) is 12.1 Å². The minimum absolute atomic E-state index is 0.115. The van der Waals surface area contributed by atoms with Gasteiger partial charge in [-0.2, -0.15) is 0 Å². The molecule has 4 nitrogen and oxygen atoms in total. The molecule has 0 bridgehead atoms. The van der Waals surface area contributed by atoms with Crippen LogP contribution in [0.2, 0.25) is 0 Å². The van der Waals surface area contributed by atoms with Gasteiger partial charge in [-0.05, 0) is 56.0 Å². The van der Waals surface area contributed by atoms with Gasteiger partial charge in [0.1, 0.15) is 5.76 Å². The fraction of sp³-hybridized carbons (Fsp3) is 0.476. The zero-order valence-corrected chi connectivity index (χ0v) is 14.6. The van der Waals surface area contributed by atoms with Gasteiger partial charge >= 0.3 is 0 Å².